The number of benzene rings is 12. The molecule has 0 bridgehead atoms. The minimum atomic E-state index is -0.489. The molecule has 0 N–H and O–H groups in total. The van der Waals surface area contributed by atoms with Crippen LogP contribution in [0.25, 0.3) is 133 Å². The van der Waals surface area contributed by atoms with Crippen LogP contribution in [0, 0.1) is 0 Å². The lowest BCUT2D eigenvalue weighted by molar-refractivity contribution is 0.669. The Morgan fingerprint density at radius 3 is 0.927 bits per heavy atom. The summed E-state index contributed by atoms with van der Waals surface area (Å²) in [7, 11) is 0. The van der Waals surface area contributed by atoms with Crippen molar-refractivity contribution in [2.75, 3.05) is 0 Å². The fourth-order valence-corrected chi connectivity index (χ4v) is 15.7. The van der Waals surface area contributed by atoms with E-state index in [0.717, 1.165) is 88.4 Å². The van der Waals surface area contributed by atoms with Crippen molar-refractivity contribution in [3.63, 3.8) is 0 Å². The van der Waals surface area contributed by atoms with Gasteiger partial charge in [0, 0.05) is 56.2 Å². The molecule has 0 amide bonds. The third-order valence-electron chi connectivity index (χ3n) is 19.0. The molecule has 19 rings (SSSR count). The van der Waals surface area contributed by atoms with Gasteiger partial charge in [-0.1, -0.05) is 218 Å². The number of rotatable bonds is 4. The van der Waals surface area contributed by atoms with Crippen LogP contribution in [0.4, 0.5) is 0 Å². The number of fused-ring (bicyclic) bond motifs is 26. The molecular formula is C79H45NO2. The molecule has 0 radical (unpaired) electrons. The maximum Gasteiger partial charge on any atom is 0.143 e. The van der Waals surface area contributed by atoms with Crippen LogP contribution >= 0.6 is 0 Å². The Balaban J connectivity index is 0.787. The van der Waals surface area contributed by atoms with E-state index in [1.54, 1.807) is 0 Å². The van der Waals surface area contributed by atoms with Crippen LogP contribution in [-0.2, 0) is 10.8 Å². The molecule has 3 heteroatoms. The summed E-state index contributed by atoms with van der Waals surface area (Å²) in [6, 6.07) is 96.9. The highest BCUT2D eigenvalue weighted by Gasteiger charge is 2.53. The van der Waals surface area contributed by atoms with E-state index in [-0.39, 0.29) is 0 Å². The van der Waals surface area contributed by atoms with Gasteiger partial charge in [-0.05, 0) is 154 Å². The zero-order chi connectivity index (χ0) is 53.4. The molecule has 4 aliphatic rings. The van der Waals surface area contributed by atoms with Crippen LogP contribution in [0.5, 0.6) is 0 Å². The van der Waals surface area contributed by atoms with Crippen LogP contribution in [0.2, 0.25) is 0 Å². The number of hydrogen-bond donors (Lipinski definition) is 0. The second kappa shape index (κ2) is 16.0. The average Bonchev–Trinajstić information content (AvgIpc) is 2.17. The van der Waals surface area contributed by atoms with Gasteiger partial charge in [0.25, 0.3) is 0 Å². The summed E-state index contributed by atoms with van der Waals surface area (Å²) in [6.45, 7) is 0. The molecule has 0 saturated heterocycles. The van der Waals surface area contributed by atoms with Gasteiger partial charge in [-0.3, -0.25) is 4.98 Å². The molecule has 0 saturated carbocycles. The zero-order valence-electron chi connectivity index (χ0n) is 44.2. The maximum absolute atomic E-state index is 6.67. The van der Waals surface area contributed by atoms with Gasteiger partial charge in [0.05, 0.1) is 10.8 Å². The van der Waals surface area contributed by atoms with Gasteiger partial charge in [-0.25, -0.2) is 0 Å². The topological polar surface area (TPSA) is 39.2 Å². The smallest absolute Gasteiger partial charge is 0.143 e. The van der Waals surface area contributed by atoms with Gasteiger partial charge in [-0.15, -0.1) is 0 Å². The Morgan fingerprint density at radius 1 is 0.220 bits per heavy atom. The third-order valence-corrected chi connectivity index (χ3v) is 19.0. The Hall–Kier alpha value is -10.6. The van der Waals surface area contributed by atoms with Crippen molar-refractivity contribution in [2.24, 2.45) is 0 Å². The first-order valence-corrected chi connectivity index (χ1v) is 28.4. The van der Waals surface area contributed by atoms with Crippen molar-refractivity contribution in [1.82, 2.24) is 4.98 Å². The number of hydrogen-bond acceptors (Lipinski definition) is 3. The Morgan fingerprint density at radius 2 is 0.524 bits per heavy atom. The molecule has 3 aromatic heterocycles. The number of para-hydroxylation sites is 4. The van der Waals surface area contributed by atoms with E-state index < -0.39 is 10.8 Å². The molecule has 0 unspecified atom stereocenters. The first-order chi connectivity index (χ1) is 40.6. The summed E-state index contributed by atoms with van der Waals surface area (Å²) in [5, 5.41) is 4.51. The molecule has 378 valence electrons. The van der Waals surface area contributed by atoms with Crippen LogP contribution in [0.1, 0.15) is 44.5 Å². The minimum absolute atomic E-state index is 0.489. The summed E-state index contributed by atoms with van der Waals surface area (Å²) in [5.41, 5.74) is 32.0. The van der Waals surface area contributed by atoms with Gasteiger partial charge in [-0.2, -0.15) is 0 Å². The second-order valence-electron chi connectivity index (χ2n) is 22.7. The number of pyridine rings is 1. The Labute approximate surface area is 472 Å². The molecule has 12 aromatic carbocycles. The molecule has 0 fully saturated rings. The largest absolute Gasteiger partial charge is 0.455 e. The Bertz CT molecular complexity index is 4900. The van der Waals surface area contributed by atoms with E-state index in [1.807, 2.05) is 24.5 Å². The fourth-order valence-electron chi connectivity index (χ4n) is 15.7. The van der Waals surface area contributed by atoms with Gasteiger partial charge >= 0.3 is 0 Å². The highest BCUT2D eigenvalue weighted by molar-refractivity contribution is 6.12. The molecule has 0 atom stereocenters. The van der Waals surface area contributed by atoms with Crippen LogP contribution in [0.15, 0.2) is 282 Å². The predicted octanol–water partition coefficient (Wildman–Crippen LogP) is 20.2. The zero-order valence-corrected chi connectivity index (χ0v) is 44.2. The van der Waals surface area contributed by atoms with Gasteiger partial charge in [0.15, 0.2) is 0 Å². The first-order valence-electron chi connectivity index (χ1n) is 28.4. The molecule has 0 aliphatic heterocycles. The third kappa shape index (κ3) is 5.57. The van der Waals surface area contributed by atoms with E-state index in [9.17, 15) is 0 Å². The number of aromatic nitrogens is 1. The predicted molar refractivity (Wildman–Crippen MR) is 333 cm³/mol. The number of nitrogens with zero attached hydrogens (tertiary/aromatic N) is 1. The highest BCUT2D eigenvalue weighted by atomic mass is 16.3. The standard InChI is InChI=1S/C79H45NO2/c1-7-25-66-54(15-1)55-16-2-8-26-67(55)78(66)70-35-31-46(40-62(70)64-42-48(33-37-72(64)78)52-21-13-23-60-58-19-5-11-29-74(58)81-76(52)60)50-39-51(45-80-44-50)47-32-36-71-63(41-47)65-43-49(53-22-14-24-61-59-20-6-12-30-75(59)82-77(53)61)34-38-73(65)79(71)68-27-9-3-17-56(68)57-18-4-10-28-69(57)79/h1-45H. The van der Waals surface area contributed by atoms with Crippen molar-refractivity contribution in [3.8, 4) is 89.0 Å². The van der Waals surface area contributed by atoms with E-state index in [1.165, 1.54) is 89.0 Å². The average molecular weight is 1040 g/mol. The summed E-state index contributed by atoms with van der Waals surface area (Å²) in [5.74, 6) is 0. The first kappa shape index (κ1) is 44.3. The van der Waals surface area contributed by atoms with E-state index in [0.29, 0.717) is 0 Å². The molecule has 3 heterocycles. The molecule has 15 aromatic rings. The second-order valence-corrected chi connectivity index (χ2v) is 22.7. The van der Waals surface area contributed by atoms with E-state index in [2.05, 4.69) is 249 Å². The van der Waals surface area contributed by atoms with E-state index in [4.69, 9.17) is 13.8 Å². The Kier molecular flexibility index (Phi) is 8.66. The van der Waals surface area contributed by atoms with Crippen molar-refractivity contribution in [3.05, 3.63) is 318 Å². The van der Waals surface area contributed by atoms with Gasteiger partial charge < -0.3 is 8.83 Å². The lowest BCUT2D eigenvalue weighted by Gasteiger charge is -2.30. The van der Waals surface area contributed by atoms with Gasteiger partial charge in [0.1, 0.15) is 22.3 Å². The molecule has 82 heavy (non-hydrogen) atoms. The summed E-state index contributed by atoms with van der Waals surface area (Å²) in [4.78, 5) is 5.05. The molecule has 3 nitrogen and oxygen atoms in total. The van der Waals surface area contributed by atoms with Crippen molar-refractivity contribution in [1.29, 1.82) is 0 Å². The molecule has 2 spiro atoms. The molecule has 4 aliphatic carbocycles. The van der Waals surface area contributed by atoms with Crippen LogP contribution in [0.3, 0.4) is 0 Å². The van der Waals surface area contributed by atoms with Crippen LogP contribution < -0.4 is 0 Å². The number of furan rings is 2. The van der Waals surface area contributed by atoms with E-state index >= 15 is 0 Å². The summed E-state index contributed by atoms with van der Waals surface area (Å²) >= 11 is 0. The van der Waals surface area contributed by atoms with Crippen molar-refractivity contribution >= 4 is 43.9 Å². The highest BCUT2D eigenvalue weighted by Crippen LogP contribution is 2.65. The summed E-state index contributed by atoms with van der Waals surface area (Å²) < 4.78 is 13.3. The maximum atomic E-state index is 6.67. The SMILES string of the molecule is c1ccc2c(c1)-c1ccccc1C21c2ccc(-c3cncc(-c4ccc5c(c4)-c4cc(-c6cccc7c6oc6ccccc67)ccc4C54c5ccccc5-c5ccccc54)c3)cc2-c2cc(-c3cccc4c3oc3ccccc34)ccc21. The summed E-state index contributed by atoms with van der Waals surface area (Å²) in [6.07, 6.45) is 4.06. The van der Waals surface area contributed by atoms with Crippen LogP contribution in [-0.4, -0.2) is 4.98 Å². The fraction of sp³-hybridized carbons (Fsp3) is 0.0253. The minimum Gasteiger partial charge on any atom is -0.455 e. The quantitative estimate of drug-likeness (QED) is 0.176. The molecular weight excluding hydrogens is 995 g/mol. The lowest BCUT2D eigenvalue weighted by atomic mass is 9.70. The van der Waals surface area contributed by atoms with Gasteiger partial charge in [0.2, 0.25) is 0 Å². The monoisotopic (exact) mass is 1040 g/mol. The lowest BCUT2D eigenvalue weighted by Crippen LogP contribution is -2.25. The van der Waals surface area contributed by atoms with Crippen molar-refractivity contribution < 1.29 is 8.83 Å². The normalized spacial score (nSPS) is 14.0. The van der Waals surface area contributed by atoms with Crippen molar-refractivity contribution in [2.45, 2.75) is 10.8 Å².